The topological polar surface area (TPSA) is 57.5 Å². The minimum Gasteiger partial charge on any atom is -0.508 e. The molecule has 0 saturated heterocycles. The van der Waals surface area contributed by atoms with E-state index in [4.69, 9.17) is 5.11 Å². The summed E-state index contributed by atoms with van der Waals surface area (Å²) in [4.78, 5) is 11.9. The molecule has 0 spiro atoms. The van der Waals surface area contributed by atoms with Gasteiger partial charge in [0, 0.05) is 11.3 Å². The Balaban J connectivity index is 1.94. The SMILES string of the molecule is O=C(CSC1CCCC1)c1ccc(O)cc1O. The zero-order chi connectivity index (χ0) is 12.3. The van der Waals surface area contributed by atoms with Crippen LogP contribution in [-0.2, 0) is 0 Å². The fraction of sp³-hybridized carbons (Fsp3) is 0.462. The molecule has 0 unspecified atom stereocenters. The van der Waals surface area contributed by atoms with Crippen molar-refractivity contribution in [3.8, 4) is 11.5 Å². The van der Waals surface area contributed by atoms with Crippen LogP contribution in [0.2, 0.25) is 0 Å². The monoisotopic (exact) mass is 252 g/mol. The van der Waals surface area contributed by atoms with Crippen LogP contribution in [0.25, 0.3) is 0 Å². The van der Waals surface area contributed by atoms with Gasteiger partial charge in [0.25, 0.3) is 0 Å². The molecule has 1 aromatic rings. The van der Waals surface area contributed by atoms with E-state index in [0.29, 0.717) is 16.6 Å². The van der Waals surface area contributed by atoms with Crippen molar-refractivity contribution in [1.82, 2.24) is 0 Å². The third kappa shape index (κ3) is 3.16. The molecule has 0 heterocycles. The summed E-state index contributed by atoms with van der Waals surface area (Å²) >= 11 is 1.68. The summed E-state index contributed by atoms with van der Waals surface area (Å²) in [6.07, 6.45) is 4.91. The predicted molar refractivity (Wildman–Crippen MR) is 68.8 cm³/mol. The van der Waals surface area contributed by atoms with E-state index >= 15 is 0 Å². The van der Waals surface area contributed by atoms with Gasteiger partial charge in [-0.05, 0) is 25.0 Å². The molecule has 92 valence electrons. The number of thioether (sulfide) groups is 1. The summed E-state index contributed by atoms with van der Waals surface area (Å²) in [5, 5.41) is 19.3. The van der Waals surface area contributed by atoms with Crippen LogP contribution in [0.5, 0.6) is 11.5 Å². The smallest absolute Gasteiger partial charge is 0.176 e. The molecule has 2 N–H and O–H groups in total. The van der Waals surface area contributed by atoms with Crippen molar-refractivity contribution in [2.45, 2.75) is 30.9 Å². The van der Waals surface area contributed by atoms with E-state index in [1.807, 2.05) is 0 Å². The van der Waals surface area contributed by atoms with E-state index < -0.39 is 0 Å². The quantitative estimate of drug-likeness (QED) is 0.809. The van der Waals surface area contributed by atoms with Crippen molar-refractivity contribution < 1.29 is 15.0 Å². The maximum Gasteiger partial charge on any atom is 0.176 e. The van der Waals surface area contributed by atoms with Crippen LogP contribution in [0.4, 0.5) is 0 Å². The number of phenolic OH excluding ortho intramolecular Hbond substituents is 2. The highest BCUT2D eigenvalue weighted by atomic mass is 32.2. The molecule has 1 saturated carbocycles. The average molecular weight is 252 g/mol. The predicted octanol–water partition coefficient (Wildman–Crippen LogP) is 2.96. The second kappa shape index (κ2) is 5.45. The first-order chi connectivity index (χ1) is 8.16. The van der Waals surface area contributed by atoms with Gasteiger partial charge in [-0.25, -0.2) is 0 Å². The first-order valence-electron chi connectivity index (χ1n) is 5.83. The van der Waals surface area contributed by atoms with E-state index in [9.17, 15) is 9.90 Å². The summed E-state index contributed by atoms with van der Waals surface area (Å²) in [6.45, 7) is 0. The van der Waals surface area contributed by atoms with Gasteiger partial charge < -0.3 is 10.2 Å². The molecule has 4 heteroatoms. The molecular formula is C13H16O3S. The maximum absolute atomic E-state index is 11.9. The van der Waals surface area contributed by atoms with Crippen LogP contribution in [-0.4, -0.2) is 27.0 Å². The van der Waals surface area contributed by atoms with Gasteiger partial charge in [0.15, 0.2) is 5.78 Å². The lowest BCUT2D eigenvalue weighted by molar-refractivity contribution is 0.102. The van der Waals surface area contributed by atoms with Crippen molar-refractivity contribution in [2.24, 2.45) is 0 Å². The summed E-state index contributed by atoms with van der Waals surface area (Å²) < 4.78 is 0. The number of ketones is 1. The molecule has 0 amide bonds. The van der Waals surface area contributed by atoms with Crippen LogP contribution in [0, 0.1) is 0 Å². The highest BCUT2D eigenvalue weighted by Crippen LogP contribution is 2.31. The second-order valence-corrected chi connectivity index (χ2v) is 5.63. The van der Waals surface area contributed by atoms with E-state index in [1.54, 1.807) is 11.8 Å². The number of hydrogen-bond acceptors (Lipinski definition) is 4. The third-order valence-corrected chi connectivity index (χ3v) is 4.41. The Bertz CT molecular complexity index is 411. The molecular weight excluding hydrogens is 236 g/mol. The number of aromatic hydroxyl groups is 2. The third-order valence-electron chi connectivity index (χ3n) is 3.03. The van der Waals surface area contributed by atoms with Crippen LogP contribution in [0.15, 0.2) is 18.2 Å². The standard InChI is InChI=1S/C13H16O3S/c14-9-5-6-11(12(15)7-9)13(16)8-17-10-3-1-2-4-10/h5-7,10,14-15H,1-4,8H2. The molecule has 0 bridgehead atoms. The van der Waals surface area contributed by atoms with Gasteiger partial charge in [-0.1, -0.05) is 12.8 Å². The summed E-state index contributed by atoms with van der Waals surface area (Å²) in [6, 6.07) is 4.10. The first kappa shape index (κ1) is 12.3. The second-order valence-electron chi connectivity index (χ2n) is 4.34. The van der Waals surface area contributed by atoms with Gasteiger partial charge in [-0.2, -0.15) is 11.8 Å². The van der Waals surface area contributed by atoms with Crippen LogP contribution >= 0.6 is 11.8 Å². The van der Waals surface area contributed by atoms with E-state index in [0.717, 1.165) is 0 Å². The molecule has 2 rings (SSSR count). The number of carbonyl (C=O) groups excluding carboxylic acids is 1. The lowest BCUT2D eigenvalue weighted by Crippen LogP contribution is -2.06. The summed E-state index contributed by atoms with van der Waals surface area (Å²) in [7, 11) is 0. The number of rotatable bonds is 4. The highest BCUT2D eigenvalue weighted by Gasteiger charge is 2.18. The van der Waals surface area contributed by atoms with Crippen LogP contribution < -0.4 is 0 Å². The highest BCUT2D eigenvalue weighted by molar-refractivity contribution is 8.00. The fourth-order valence-electron chi connectivity index (χ4n) is 2.08. The van der Waals surface area contributed by atoms with Gasteiger partial charge in [-0.15, -0.1) is 0 Å². The zero-order valence-electron chi connectivity index (χ0n) is 9.56. The van der Waals surface area contributed by atoms with Crippen molar-refractivity contribution in [3.63, 3.8) is 0 Å². The van der Waals surface area contributed by atoms with Crippen LogP contribution in [0.1, 0.15) is 36.0 Å². The minimum atomic E-state index is -0.137. The molecule has 3 nitrogen and oxygen atoms in total. The van der Waals surface area contributed by atoms with Crippen LogP contribution in [0.3, 0.4) is 0 Å². The molecule has 1 aliphatic rings. The Kier molecular flexibility index (Phi) is 3.94. The van der Waals surface area contributed by atoms with Gasteiger partial charge in [-0.3, -0.25) is 4.79 Å². The van der Waals surface area contributed by atoms with Crippen molar-refractivity contribution in [1.29, 1.82) is 0 Å². The molecule has 1 aliphatic carbocycles. The Hall–Kier alpha value is -1.16. The largest absolute Gasteiger partial charge is 0.508 e. The van der Waals surface area contributed by atoms with Gasteiger partial charge >= 0.3 is 0 Å². The number of Topliss-reactive ketones (excluding diaryl/α,β-unsaturated/α-hetero) is 1. The average Bonchev–Trinajstić information content (AvgIpc) is 2.78. The fourth-order valence-corrected chi connectivity index (χ4v) is 3.29. The molecule has 17 heavy (non-hydrogen) atoms. The zero-order valence-corrected chi connectivity index (χ0v) is 10.4. The lowest BCUT2D eigenvalue weighted by Gasteiger charge is -2.08. The Morgan fingerprint density at radius 3 is 2.65 bits per heavy atom. The number of hydrogen-bond donors (Lipinski definition) is 2. The van der Waals surface area contributed by atoms with Crippen molar-refractivity contribution >= 4 is 17.5 Å². The molecule has 1 aromatic carbocycles. The lowest BCUT2D eigenvalue weighted by atomic mass is 10.1. The minimum absolute atomic E-state index is 0.0255. The van der Waals surface area contributed by atoms with E-state index in [-0.39, 0.29) is 17.3 Å². The van der Waals surface area contributed by atoms with Crippen molar-refractivity contribution in [3.05, 3.63) is 23.8 Å². The summed E-state index contributed by atoms with van der Waals surface area (Å²) in [5.74, 6) is 0.173. The number of carbonyl (C=O) groups is 1. The first-order valence-corrected chi connectivity index (χ1v) is 6.88. The molecule has 0 aromatic heterocycles. The molecule has 0 radical (unpaired) electrons. The number of phenols is 2. The number of benzene rings is 1. The molecule has 0 aliphatic heterocycles. The van der Waals surface area contributed by atoms with Crippen molar-refractivity contribution in [2.75, 3.05) is 5.75 Å². The van der Waals surface area contributed by atoms with Gasteiger partial charge in [0.05, 0.1) is 11.3 Å². The van der Waals surface area contributed by atoms with Gasteiger partial charge in [0.2, 0.25) is 0 Å². The molecule has 0 atom stereocenters. The normalized spacial score (nSPS) is 16.2. The Morgan fingerprint density at radius 1 is 1.29 bits per heavy atom. The van der Waals surface area contributed by atoms with E-state index in [1.165, 1.54) is 43.9 Å². The Labute approximate surface area is 105 Å². The van der Waals surface area contributed by atoms with E-state index in [2.05, 4.69) is 0 Å². The molecule has 1 fully saturated rings. The van der Waals surface area contributed by atoms with Gasteiger partial charge in [0.1, 0.15) is 11.5 Å². The Morgan fingerprint density at radius 2 is 2.00 bits per heavy atom. The maximum atomic E-state index is 11.9. The summed E-state index contributed by atoms with van der Waals surface area (Å²) in [5.41, 5.74) is 0.299.